The maximum atomic E-state index is 13.9. The summed E-state index contributed by atoms with van der Waals surface area (Å²) in [6, 6.07) is 2.46. The van der Waals surface area contributed by atoms with Crippen molar-refractivity contribution in [3.05, 3.63) is 29.3 Å². The summed E-state index contributed by atoms with van der Waals surface area (Å²) in [6.45, 7) is 1.18. The second kappa shape index (κ2) is 5.52. The Kier molecular flexibility index (Phi) is 3.99. The lowest BCUT2D eigenvalue weighted by Gasteiger charge is -2.33. The van der Waals surface area contributed by atoms with Gasteiger partial charge >= 0.3 is 5.97 Å². The van der Waals surface area contributed by atoms with Crippen LogP contribution in [0.1, 0.15) is 23.2 Å². The van der Waals surface area contributed by atoms with Crippen LogP contribution in [0.2, 0.25) is 0 Å². The molecular weight excluding hydrogens is 256 g/mol. The van der Waals surface area contributed by atoms with Gasteiger partial charge in [-0.2, -0.15) is 0 Å². The van der Waals surface area contributed by atoms with Crippen molar-refractivity contribution < 1.29 is 23.4 Å². The molecular formula is C13H15F2NO3. The van der Waals surface area contributed by atoms with E-state index in [1.807, 2.05) is 0 Å². The summed E-state index contributed by atoms with van der Waals surface area (Å²) in [5, 5.41) is 8.73. The first-order valence-electron chi connectivity index (χ1n) is 6.04. The number of anilines is 1. The fraction of sp³-hybridized carbons (Fsp3) is 0.462. The first-order chi connectivity index (χ1) is 9.02. The van der Waals surface area contributed by atoms with Crippen LogP contribution in [0.15, 0.2) is 12.1 Å². The highest BCUT2D eigenvalue weighted by molar-refractivity contribution is 5.88. The smallest absolute Gasteiger partial charge is 0.338 e. The van der Waals surface area contributed by atoms with Crippen LogP contribution in [-0.2, 0) is 4.74 Å². The molecule has 1 saturated heterocycles. The van der Waals surface area contributed by atoms with Gasteiger partial charge in [0.15, 0.2) is 11.6 Å². The first-order valence-corrected chi connectivity index (χ1v) is 6.04. The first kappa shape index (κ1) is 13.7. The van der Waals surface area contributed by atoms with Gasteiger partial charge in [-0.1, -0.05) is 0 Å². The molecule has 6 heteroatoms. The highest BCUT2D eigenvalue weighted by Crippen LogP contribution is 2.27. The van der Waals surface area contributed by atoms with Gasteiger partial charge in [0.2, 0.25) is 0 Å². The maximum absolute atomic E-state index is 13.9. The van der Waals surface area contributed by atoms with Crippen molar-refractivity contribution in [2.45, 2.75) is 18.9 Å². The fourth-order valence-electron chi connectivity index (χ4n) is 2.25. The molecule has 0 aliphatic carbocycles. The Morgan fingerprint density at radius 3 is 2.53 bits per heavy atom. The van der Waals surface area contributed by atoms with E-state index in [1.165, 1.54) is 6.07 Å². The van der Waals surface area contributed by atoms with Gasteiger partial charge in [-0.25, -0.2) is 13.6 Å². The third kappa shape index (κ3) is 2.68. The topological polar surface area (TPSA) is 49.8 Å². The molecule has 0 aromatic heterocycles. The van der Waals surface area contributed by atoms with Gasteiger partial charge in [0.25, 0.3) is 0 Å². The van der Waals surface area contributed by atoms with E-state index in [1.54, 1.807) is 11.9 Å². The summed E-state index contributed by atoms with van der Waals surface area (Å²) in [7, 11) is 1.67. The number of hydrogen-bond acceptors (Lipinski definition) is 3. The van der Waals surface area contributed by atoms with E-state index in [0.717, 1.165) is 18.9 Å². The molecule has 4 nitrogen and oxygen atoms in total. The van der Waals surface area contributed by atoms with Crippen molar-refractivity contribution in [1.29, 1.82) is 0 Å². The fourth-order valence-corrected chi connectivity index (χ4v) is 2.25. The van der Waals surface area contributed by atoms with Gasteiger partial charge in [-0.15, -0.1) is 0 Å². The van der Waals surface area contributed by atoms with Crippen molar-refractivity contribution in [2.24, 2.45) is 0 Å². The lowest BCUT2D eigenvalue weighted by Crippen LogP contribution is -2.37. The van der Waals surface area contributed by atoms with Gasteiger partial charge < -0.3 is 14.7 Å². The van der Waals surface area contributed by atoms with Crippen LogP contribution in [0.25, 0.3) is 0 Å². The highest BCUT2D eigenvalue weighted by atomic mass is 19.2. The van der Waals surface area contributed by atoms with Crippen LogP contribution in [0, 0.1) is 11.6 Å². The van der Waals surface area contributed by atoms with Crippen LogP contribution < -0.4 is 4.90 Å². The van der Waals surface area contributed by atoms with E-state index in [9.17, 15) is 13.6 Å². The molecule has 1 fully saturated rings. The normalized spacial score (nSPS) is 16.4. The van der Waals surface area contributed by atoms with E-state index < -0.39 is 23.2 Å². The third-order valence-corrected chi connectivity index (χ3v) is 3.41. The maximum Gasteiger partial charge on any atom is 0.338 e. The van der Waals surface area contributed by atoms with Crippen molar-refractivity contribution in [3.8, 4) is 0 Å². The quantitative estimate of drug-likeness (QED) is 0.916. The average molecular weight is 271 g/mol. The molecule has 1 aromatic rings. The standard InChI is InChI=1S/C13H15F2NO3/c1-16(8-4-6-19-7-5-8)10-3-2-9(13(17)18)11(14)12(10)15/h2-3,8H,4-7H2,1H3,(H,17,18). The van der Waals surface area contributed by atoms with Crippen LogP contribution in [0.3, 0.4) is 0 Å². The number of benzene rings is 1. The monoisotopic (exact) mass is 271 g/mol. The molecule has 1 aromatic carbocycles. The molecule has 0 unspecified atom stereocenters. The molecule has 2 rings (SSSR count). The minimum Gasteiger partial charge on any atom is -0.478 e. The van der Waals surface area contributed by atoms with Gasteiger partial charge in [0.1, 0.15) is 0 Å². The van der Waals surface area contributed by atoms with Crippen molar-refractivity contribution >= 4 is 11.7 Å². The number of rotatable bonds is 3. The second-order valence-electron chi connectivity index (χ2n) is 4.52. The highest BCUT2D eigenvalue weighted by Gasteiger charge is 2.24. The van der Waals surface area contributed by atoms with Crippen molar-refractivity contribution in [1.82, 2.24) is 0 Å². The van der Waals surface area contributed by atoms with E-state index >= 15 is 0 Å². The summed E-state index contributed by atoms with van der Waals surface area (Å²) < 4.78 is 32.8. The zero-order chi connectivity index (χ0) is 14.0. The van der Waals surface area contributed by atoms with Crippen LogP contribution in [0.5, 0.6) is 0 Å². The number of hydrogen-bond donors (Lipinski definition) is 1. The molecule has 0 amide bonds. The lowest BCUT2D eigenvalue weighted by molar-refractivity contribution is 0.0690. The summed E-state index contributed by atoms with van der Waals surface area (Å²) in [6.07, 6.45) is 1.47. The Morgan fingerprint density at radius 2 is 1.95 bits per heavy atom. The zero-order valence-electron chi connectivity index (χ0n) is 10.5. The van der Waals surface area contributed by atoms with E-state index in [0.29, 0.717) is 13.2 Å². The Balaban J connectivity index is 2.29. The largest absolute Gasteiger partial charge is 0.478 e. The summed E-state index contributed by atoms with van der Waals surface area (Å²) in [5.41, 5.74) is -0.573. The molecule has 0 radical (unpaired) electrons. The Hall–Kier alpha value is -1.69. The molecule has 0 atom stereocenters. The van der Waals surface area contributed by atoms with Gasteiger partial charge in [-0.05, 0) is 25.0 Å². The second-order valence-corrected chi connectivity index (χ2v) is 4.52. The number of carboxylic acids is 1. The summed E-state index contributed by atoms with van der Waals surface area (Å²) in [4.78, 5) is 12.4. The van der Waals surface area contributed by atoms with Crippen LogP contribution in [0.4, 0.5) is 14.5 Å². The van der Waals surface area contributed by atoms with Crippen molar-refractivity contribution in [2.75, 3.05) is 25.2 Å². The Morgan fingerprint density at radius 1 is 1.32 bits per heavy atom. The number of halogens is 2. The molecule has 1 heterocycles. The minimum absolute atomic E-state index is 0.0679. The SMILES string of the molecule is CN(c1ccc(C(=O)O)c(F)c1F)C1CCOCC1. The molecule has 0 spiro atoms. The molecule has 1 aliphatic rings. The van der Waals surface area contributed by atoms with E-state index in [-0.39, 0.29) is 11.7 Å². The predicted octanol–water partition coefficient (Wildman–Crippen LogP) is 2.28. The predicted molar refractivity (Wildman–Crippen MR) is 65.6 cm³/mol. The minimum atomic E-state index is -1.48. The molecule has 19 heavy (non-hydrogen) atoms. The lowest BCUT2D eigenvalue weighted by atomic mass is 10.1. The summed E-state index contributed by atoms with van der Waals surface area (Å²) in [5.74, 6) is -3.91. The molecule has 104 valence electrons. The Labute approximate surface area is 109 Å². The molecule has 1 N–H and O–H groups in total. The molecule has 1 aliphatic heterocycles. The van der Waals surface area contributed by atoms with Crippen molar-refractivity contribution in [3.63, 3.8) is 0 Å². The van der Waals surface area contributed by atoms with Gasteiger partial charge in [0, 0.05) is 26.3 Å². The van der Waals surface area contributed by atoms with Crippen LogP contribution in [-0.4, -0.2) is 37.4 Å². The number of carboxylic acid groups (broad SMARTS) is 1. The Bertz CT molecular complexity index is 487. The third-order valence-electron chi connectivity index (χ3n) is 3.41. The number of nitrogens with zero attached hydrogens (tertiary/aromatic N) is 1. The number of carbonyl (C=O) groups is 1. The number of ether oxygens (including phenoxy) is 1. The summed E-state index contributed by atoms with van der Waals surface area (Å²) >= 11 is 0. The molecule has 0 saturated carbocycles. The zero-order valence-corrected chi connectivity index (χ0v) is 10.5. The van der Waals surface area contributed by atoms with Gasteiger partial charge in [0.05, 0.1) is 11.3 Å². The molecule has 0 bridgehead atoms. The number of aromatic carboxylic acids is 1. The van der Waals surface area contributed by atoms with Gasteiger partial charge in [-0.3, -0.25) is 0 Å². The van der Waals surface area contributed by atoms with Crippen LogP contribution >= 0.6 is 0 Å². The average Bonchev–Trinajstić information content (AvgIpc) is 2.41. The van der Waals surface area contributed by atoms with E-state index in [4.69, 9.17) is 9.84 Å². The van der Waals surface area contributed by atoms with E-state index in [2.05, 4.69) is 0 Å².